The van der Waals surface area contributed by atoms with Gasteiger partial charge in [0.1, 0.15) is 5.56 Å². The number of carboxylic acids is 1. The Morgan fingerprint density at radius 2 is 2.21 bits per heavy atom. The molecule has 0 bridgehead atoms. The van der Waals surface area contributed by atoms with Crippen molar-refractivity contribution >= 4 is 5.97 Å². The van der Waals surface area contributed by atoms with Crippen molar-refractivity contribution in [3.05, 3.63) is 17.0 Å². The van der Waals surface area contributed by atoms with Crippen LogP contribution < -0.4 is 0 Å². The van der Waals surface area contributed by atoms with E-state index < -0.39 is 5.97 Å². The molecule has 4 heteroatoms. The number of aromatic nitrogens is 2. The summed E-state index contributed by atoms with van der Waals surface area (Å²) in [7, 11) is 0. The lowest BCUT2D eigenvalue weighted by Gasteiger charge is -1.98. The van der Waals surface area contributed by atoms with Crippen molar-refractivity contribution < 1.29 is 9.90 Å². The van der Waals surface area contributed by atoms with Crippen LogP contribution in [0.15, 0.2) is 0 Å². The van der Waals surface area contributed by atoms with Crippen LogP contribution in [-0.2, 0) is 6.42 Å². The van der Waals surface area contributed by atoms with Crippen LogP contribution in [0.3, 0.4) is 0 Å². The number of carbonyl (C=O) groups is 1. The number of hydrogen-bond donors (Lipinski definition) is 2. The van der Waals surface area contributed by atoms with Gasteiger partial charge in [0, 0.05) is 0 Å². The van der Waals surface area contributed by atoms with Crippen LogP contribution in [0.4, 0.5) is 0 Å². The van der Waals surface area contributed by atoms with Crippen molar-refractivity contribution in [1.82, 2.24) is 10.2 Å². The third kappa shape index (κ3) is 2.34. The Morgan fingerprint density at radius 1 is 1.50 bits per heavy atom. The van der Waals surface area contributed by atoms with E-state index in [0.29, 0.717) is 11.3 Å². The highest BCUT2D eigenvalue weighted by Gasteiger charge is 2.15. The van der Waals surface area contributed by atoms with E-state index in [9.17, 15) is 4.79 Å². The maximum absolute atomic E-state index is 10.9. The summed E-state index contributed by atoms with van der Waals surface area (Å²) in [6.45, 7) is 3.83. The van der Waals surface area contributed by atoms with E-state index in [4.69, 9.17) is 5.11 Å². The smallest absolute Gasteiger partial charge is 0.339 e. The molecule has 0 saturated carbocycles. The Balaban J connectivity index is 2.71. The molecule has 1 heterocycles. The molecule has 0 saturated heterocycles. The van der Waals surface area contributed by atoms with E-state index in [2.05, 4.69) is 17.1 Å². The summed E-state index contributed by atoms with van der Waals surface area (Å²) in [5.41, 5.74) is 1.67. The number of nitrogens with one attached hydrogen (secondary N) is 1. The van der Waals surface area contributed by atoms with Gasteiger partial charge < -0.3 is 5.11 Å². The van der Waals surface area contributed by atoms with Crippen LogP contribution >= 0.6 is 0 Å². The Hall–Kier alpha value is -1.32. The van der Waals surface area contributed by atoms with E-state index in [0.717, 1.165) is 31.4 Å². The normalized spacial score (nSPS) is 10.4. The number of nitrogens with zero attached hydrogens (tertiary/aromatic N) is 1. The number of aryl methyl sites for hydroxylation is 2. The molecule has 1 aromatic heterocycles. The van der Waals surface area contributed by atoms with Gasteiger partial charge >= 0.3 is 5.97 Å². The van der Waals surface area contributed by atoms with Crippen LogP contribution in [-0.4, -0.2) is 21.3 Å². The Kier molecular flexibility index (Phi) is 3.68. The summed E-state index contributed by atoms with van der Waals surface area (Å²) in [5.74, 6) is -0.886. The predicted octanol–water partition coefficient (Wildman–Crippen LogP) is 2.15. The molecule has 1 aromatic rings. The number of H-pyrrole nitrogens is 1. The molecule has 0 amide bonds. The summed E-state index contributed by atoms with van der Waals surface area (Å²) in [4.78, 5) is 10.9. The molecule has 14 heavy (non-hydrogen) atoms. The molecular formula is C10H16N2O2. The van der Waals surface area contributed by atoms with Crippen LogP contribution in [0.25, 0.3) is 0 Å². The molecule has 0 atom stereocenters. The standard InChI is InChI=1S/C10H16N2O2/c1-3-4-5-6-8-9(10(13)14)7(2)11-12-8/h3-6H2,1-2H3,(H,11,12)(H,13,14). The average molecular weight is 196 g/mol. The van der Waals surface area contributed by atoms with E-state index in [1.807, 2.05) is 0 Å². The molecule has 0 radical (unpaired) electrons. The summed E-state index contributed by atoms with van der Waals surface area (Å²) >= 11 is 0. The summed E-state index contributed by atoms with van der Waals surface area (Å²) in [6, 6.07) is 0. The predicted molar refractivity (Wildman–Crippen MR) is 53.5 cm³/mol. The zero-order valence-electron chi connectivity index (χ0n) is 8.63. The van der Waals surface area contributed by atoms with Gasteiger partial charge in [-0.1, -0.05) is 19.8 Å². The van der Waals surface area contributed by atoms with Crippen LogP contribution in [0.1, 0.15) is 47.9 Å². The van der Waals surface area contributed by atoms with Gasteiger partial charge in [-0.3, -0.25) is 5.10 Å². The van der Waals surface area contributed by atoms with Crippen molar-refractivity contribution in [1.29, 1.82) is 0 Å². The molecule has 1 rings (SSSR count). The third-order valence-corrected chi connectivity index (χ3v) is 2.27. The lowest BCUT2D eigenvalue weighted by molar-refractivity contribution is 0.0695. The summed E-state index contributed by atoms with van der Waals surface area (Å²) < 4.78 is 0. The molecule has 0 aliphatic carbocycles. The van der Waals surface area contributed by atoms with Gasteiger partial charge in [0.25, 0.3) is 0 Å². The topological polar surface area (TPSA) is 66.0 Å². The van der Waals surface area contributed by atoms with Gasteiger partial charge in [-0.05, 0) is 19.8 Å². The largest absolute Gasteiger partial charge is 0.478 e. The van der Waals surface area contributed by atoms with Gasteiger partial charge in [0.2, 0.25) is 0 Å². The molecule has 0 aliphatic rings. The van der Waals surface area contributed by atoms with E-state index >= 15 is 0 Å². The lowest BCUT2D eigenvalue weighted by atomic mass is 10.1. The highest BCUT2D eigenvalue weighted by molar-refractivity contribution is 5.90. The third-order valence-electron chi connectivity index (χ3n) is 2.27. The Morgan fingerprint density at radius 3 is 2.79 bits per heavy atom. The monoisotopic (exact) mass is 196 g/mol. The maximum atomic E-state index is 10.9. The highest BCUT2D eigenvalue weighted by Crippen LogP contribution is 2.13. The molecule has 4 nitrogen and oxygen atoms in total. The zero-order chi connectivity index (χ0) is 10.6. The number of unbranched alkanes of at least 4 members (excludes halogenated alkanes) is 2. The highest BCUT2D eigenvalue weighted by atomic mass is 16.4. The van der Waals surface area contributed by atoms with Gasteiger partial charge in [-0.2, -0.15) is 5.10 Å². The molecule has 78 valence electrons. The summed E-state index contributed by atoms with van der Waals surface area (Å²) in [6.07, 6.45) is 4.04. The Bertz CT molecular complexity index is 318. The first kappa shape index (κ1) is 10.8. The number of rotatable bonds is 5. The molecule has 0 aromatic carbocycles. The van der Waals surface area contributed by atoms with E-state index in [1.54, 1.807) is 6.92 Å². The molecule has 0 unspecified atom stereocenters. The minimum atomic E-state index is -0.886. The van der Waals surface area contributed by atoms with E-state index in [-0.39, 0.29) is 0 Å². The van der Waals surface area contributed by atoms with Gasteiger partial charge in [0.05, 0.1) is 11.4 Å². The van der Waals surface area contributed by atoms with Crippen molar-refractivity contribution in [2.45, 2.75) is 39.5 Å². The minimum absolute atomic E-state index is 0.348. The van der Waals surface area contributed by atoms with Crippen LogP contribution in [0.2, 0.25) is 0 Å². The van der Waals surface area contributed by atoms with Crippen molar-refractivity contribution in [3.63, 3.8) is 0 Å². The number of aromatic carboxylic acids is 1. The second-order valence-electron chi connectivity index (χ2n) is 3.42. The first-order valence-corrected chi connectivity index (χ1v) is 4.94. The lowest BCUT2D eigenvalue weighted by Crippen LogP contribution is -2.02. The van der Waals surface area contributed by atoms with Crippen LogP contribution in [0.5, 0.6) is 0 Å². The SMILES string of the molecule is CCCCCc1[nH]nc(C)c1C(=O)O. The molecule has 2 N–H and O–H groups in total. The molecule has 0 fully saturated rings. The first-order chi connectivity index (χ1) is 6.66. The first-order valence-electron chi connectivity index (χ1n) is 4.94. The zero-order valence-corrected chi connectivity index (χ0v) is 8.63. The van der Waals surface area contributed by atoms with Crippen molar-refractivity contribution in [2.24, 2.45) is 0 Å². The number of aromatic amines is 1. The second kappa shape index (κ2) is 4.79. The maximum Gasteiger partial charge on any atom is 0.339 e. The number of hydrogen-bond acceptors (Lipinski definition) is 2. The Labute approximate surface area is 83.3 Å². The van der Waals surface area contributed by atoms with Crippen molar-refractivity contribution in [3.8, 4) is 0 Å². The van der Waals surface area contributed by atoms with Crippen molar-refractivity contribution in [2.75, 3.05) is 0 Å². The second-order valence-corrected chi connectivity index (χ2v) is 3.42. The average Bonchev–Trinajstić information content (AvgIpc) is 2.47. The fourth-order valence-electron chi connectivity index (χ4n) is 1.50. The molecule has 0 aliphatic heterocycles. The quantitative estimate of drug-likeness (QED) is 0.709. The minimum Gasteiger partial charge on any atom is -0.478 e. The van der Waals surface area contributed by atoms with Gasteiger partial charge in [0.15, 0.2) is 0 Å². The van der Waals surface area contributed by atoms with Crippen LogP contribution in [0, 0.1) is 6.92 Å². The van der Waals surface area contributed by atoms with Gasteiger partial charge in [-0.15, -0.1) is 0 Å². The molecule has 0 spiro atoms. The molecular weight excluding hydrogens is 180 g/mol. The fourth-order valence-corrected chi connectivity index (χ4v) is 1.50. The fraction of sp³-hybridized carbons (Fsp3) is 0.600. The number of carboxylic acid groups (broad SMARTS) is 1. The summed E-state index contributed by atoms with van der Waals surface area (Å²) in [5, 5.41) is 15.6. The van der Waals surface area contributed by atoms with Gasteiger partial charge in [-0.25, -0.2) is 4.79 Å². The van der Waals surface area contributed by atoms with E-state index in [1.165, 1.54) is 0 Å².